The first-order valence-electron chi connectivity index (χ1n) is 8.40. The number of nitrogens with one attached hydrogen (secondary N) is 1. The third-order valence-corrected chi connectivity index (χ3v) is 6.11. The Morgan fingerprint density at radius 2 is 1.90 bits per heavy atom. The van der Waals surface area contributed by atoms with Crippen molar-refractivity contribution >= 4 is 30.7 Å². The number of fused-ring (bicyclic) bond motifs is 1. The van der Waals surface area contributed by atoms with Crippen LogP contribution in [0.1, 0.15) is 26.3 Å². The van der Waals surface area contributed by atoms with Crippen molar-refractivity contribution in [2.45, 2.75) is 31.9 Å². The summed E-state index contributed by atoms with van der Waals surface area (Å²) >= 11 is 0. The molecule has 0 bridgehead atoms. The average molecular weight is 428 g/mol. The van der Waals surface area contributed by atoms with Crippen LogP contribution in [0.15, 0.2) is 18.2 Å². The number of benzene rings is 1. The Balaban J connectivity index is 2.83. The number of amides is 2. The van der Waals surface area contributed by atoms with Crippen molar-refractivity contribution < 1.29 is 37.1 Å². The minimum atomic E-state index is -4.39. The van der Waals surface area contributed by atoms with Gasteiger partial charge < -0.3 is 24.2 Å². The van der Waals surface area contributed by atoms with Crippen molar-refractivity contribution in [2.24, 2.45) is 0 Å². The normalized spacial score (nSPS) is 18.9. The summed E-state index contributed by atoms with van der Waals surface area (Å²) in [6.45, 7) is 4.77. The Bertz CT molecular complexity index is 948. The SMILES string of the molecule is COP(=O)(OC)C(=[N+]=[N-])[C@@]1(NC(=O)OC(C)(C)C)C(=O)N(C)c2ccc(F)cc21. The molecule has 10 nitrogen and oxygen atoms in total. The molecule has 0 radical (unpaired) electrons. The van der Waals surface area contributed by atoms with Gasteiger partial charge in [0.2, 0.25) is 0 Å². The number of hydrogen-bond donors (Lipinski definition) is 1. The monoisotopic (exact) mass is 428 g/mol. The summed E-state index contributed by atoms with van der Waals surface area (Å²) in [5.41, 5.74) is 5.56. The van der Waals surface area contributed by atoms with E-state index in [1.54, 1.807) is 20.8 Å². The molecule has 12 heteroatoms. The summed E-state index contributed by atoms with van der Waals surface area (Å²) < 4.78 is 42.1. The molecule has 0 aliphatic carbocycles. The van der Waals surface area contributed by atoms with Crippen LogP contribution in [-0.4, -0.2) is 49.1 Å². The highest BCUT2D eigenvalue weighted by atomic mass is 31.2. The van der Waals surface area contributed by atoms with Crippen molar-refractivity contribution in [2.75, 3.05) is 26.2 Å². The van der Waals surface area contributed by atoms with Gasteiger partial charge in [-0.3, -0.25) is 10.1 Å². The summed E-state index contributed by atoms with van der Waals surface area (Å²) in [5.74, 6) is -1.63. The fourth-order valence-corrected chi connectivity index (χ4v) is 4.30. The van der Waals surface area contributed by atoms with E-state index in [-0.39, 0.29) is 11.3 Å². The van der Waals surface area contributed by atoms with Gasteiger partial charge in [-0.2, -0.15) is 4.79 Å². The van der Waals surface area contributed by atoms with E-state index < -0.39 is 42.0 Å². The summed E-state index contributed by atoms with van der Waals surface area (Å²) in [6.07, 6.45) is -1.10. The van der Waals surface area contributed by atoms with Crippen LogP contribution < -0.4 is 10.2 Å². The molecule has 29 heavy (non-hydrogen) atoms. The topological polar surface area (TPSA) is 131 Å². The highest BCUT2D eigenvalue weighted by Crippen LogP contribution is 2.56. The fraction of sp³-hybridized carbons (Fsp3) is 0.471. The second-order valence-corrected chi connectivity index (χ2v) is 9.34. The zero-order chi connectivity index (χ0) is 22.2. The number of likely N-dealkylation sites (N-methyl/N-ethyl adjacent to an activating group) is 1. The zero-order valence-corrected chi connectivity index (χ0v) is 17.7. The first kappa shape index (κ1) is 22.7. The van der Waals surface area contributed by atoms with Crippen molar-refractivity contribution in [3.63, 3.8) is 0 Å². The largest absolute Gasteiger partial charge is 0.444 e. The van der Waals surface area contributed by atoms with Crippen LogP contribution in [0.25, 0.3) is 5.53 Å². The lowest BCUT2D eigenvalue weighted by Crippen LogP contribution is -2.58. The zero-order valence-electron chi connectivity index (χ0n) is 16.8. The molecule has 0 aromatic heterocycles. The second-order valence-electron chi connectivity index (χ2n) is 7.19. The first-order chi connectivity index (χ1) is 13.4. The molecule has 0 saturated carbocycles. The summed E-state index contributed by atoms with van der Waals surface area (Å²) in [7, 11) is -1.02. The number of ether oxygens (including phenoxy) is 1. The second kappa shape index (κ2) is 7.68. The smallest absolute Gasteiger partial charge is 0.440 e. The molecule has 0 unspecified atom stereocenters. The van der Waals surface area contributed by atoms with Gasteiger partial charge in [-0.1, -0.05) is 0 Å². The van der Waals surface area contributed by atoms with Gasteiger partial charge in [0.05, 0.1) is 5.69 Å². The lowest BCUT2D eigenvalue weighted by Gasteiger charge is -2.28. The van der Waals surface area contributed by atoms with E-state index >= 15 is 0 Å². The Hall–Kier alpha value is -2.58. The number of carbonyl (C=O) groups is 2. The van der Waals surface area contributed by atoms with Gasteiger partial charge in [0.15, 0.2) is 0 Å². The summed E-state index contributed by atoms with van der Waals surface area (Å²) in [4.78, 5) is 29.9. The van der Waals surface area contributed by atoms with Crippen LogP contribution in [0, 0.1) is 5.82 Å². The molecule has 1 heterocycles. The number of hydrogen-bond acceptors (Lipinski definition) is 6. The molecule has 158 valence electrons. The lowest BCUT2D eigenvalue weighted by molar-refractivity contribution is -0.123. The van der Waals surface area contributed by atoms with Gasteiger partial charge >= 0.3 is 19.1 Å². The predicted octanol–water partition coefficient (Wildman–Crippen LogP) is 2.64. The van der Waals surface area contributed by atoms with E-state index in [4.69, 9.17) is 13.8 Å². The lowest BCUT2D eigenvalue weighted by atomic mass is 9.92. The Kier molecular flexibility index (Phi) is 6.02. The minimum absolute atomic E-state index is 0.127. The van der Waals surface area contributed by atoms with Crippen LogP contribution in [0.5, 0.6) is 0 Å². The molecule has 1 N–H and O–H groups in total. The van der Waals surface area contributed by atoms with Gasteiger partial charge in [0.1, 0.15) is 11.4 Å². The maximum atomic E-state index is 14.1. The Labute approximate surface area is 167 Å². The highest BCUT2D eigenvalue weighted by molar-refractivity contribution is 7.72. The molecule has 1 aliphatic rings. The number of nitrogens with zero attached hydrogens (tertiary/aromatic N) is 3. The predicted molar refractivity (Wildman–Crippen MR) is 101 cm³/mol. The molecule has 1 aliphatic heterocycles. The minimum Gasteiger partial charge on any atom is -0.444 e. The molecule has 0 fully saturated rings. The third-order valence-electron chi connectivity index (χ3n) is 4.21. The van der Waals surface area contributed by atoms with Gasteiger partial charge in [-0.25, -0.2) is 13.8 Å². The Morgan fingerprint density at radius 1 is 1.31 bits per heavy atom. The van der Waals surface area contributed by atoms with Crippen LogP contribution in [0.4, 0.5) is 14.9 Å². The van der Waals surface area contributed by atoms with Crippen molar-refractivity contribution in [1.82, 2.24) is 5.32 Å². The van der Waals surface area contributed by atoms with Crippen LogP contribution in [-0.2, 0) is 28.7 Å². The summed E-state index contributed by atoms with van der Waals surface area (Å²) in [5, 5.41) is 2.30. The molecule has 0 saturated heterocycles. The van der Waals surface area contributed by atoms with E-state index in [0.29, 0.717) is 0 Å². The van der Waals surface area contributed by atoms with Gasteiger partial charge in [0, 0.05) is 26.8 Å². The molecular weight excluding hydrogens is 406 g/mol. The maximum Gasteiger partial charge on any atom is 0.440 e. The number of halogens is 1. The van der Waals surface area contributed by atoms with Gasteiger partial charge in [-0.15, -0.1) is 0 Å². The molecule has 1 aromatic carbocycles. The average Bonchev–Trinajstić information content (AvgIpc) is 2.82. The van der Waals surface area contributed by atoms with Crippen LogP contribution in [0.2, 0.25) is 0 Å². The van der Waals surface area contributed by atoms with Gasteiger partial charge in [-0.05, 0) is 39.0 Å². The van der Waals surface area contributed by atoms with E-state index in [1.165, 1.54) is 13.1 Å². The molecule has 1 atom stereocenters. The molecule has 2 rings (SSSR count). The van der Waals surface area contributed by atoms with E-state index in [1.807, 2.05) is 0 Å². The maximum absolute atomic E-state index is 14.1. The first-order valence-corrected chi connectivity index (χ1v) is 9.94. The number of alkyl carbamates (subject to hydrolysis) is 1. The number of anilines is 1. The standard InChI is InChI=1S/C17H22FN4O6P/c1-16(2,3)28-15(24)20-17(13(21-19)29(25,26-5)27-6)11-9-10(18)7-8-12(11)22(4)14(17)23/h7-9H,1-6H3,(H,20,24)/t17-/m1/s1. The summed E-state index contributed by atoms with van der Waals surface area (Å²) in [6, 6.07) is 3.35. The van der Waals surface area contributed by atoms with Crippen molar-refractivity contribution in [3.8, 4) is 0 Å². The van der Waals surface area contributed by atoms with Crippen molar-refractivity contribution in [3.05, 3.63) is 35.1 Å². The van der Waals surface area contributed by atoms with Gasteiger partial charge in [0.25, 0.3) is 11.4 Å². The van der Waals surface area contributed by atoms with E-state index in [2.05, 4.69) is 10.1 Å². The van der Waals surface area contributed by atoms with Crippen LogP contribution >= 0.6 is 7.60 Å². The highest BCUT2D eigenvalue weighted by Gasteiger charge is 2.67. The quantitative estimate of drug-likeness (QED) is 0.332. The molecule has 1 aromatic rings. The third kappa shape index (κ3) is 3.82. The van der Waals surface area contributed by atoms with E-state index in [0.717, 1.165) is 31.3 Å². The Morgan fingerprint density at radius 3 is 2.38 bits per heavy atom. The molecular formula is C17H22FN4O6P. The van der Waals surface area contributed by atoms with Crippen molar-refractivity contribution in [1.29, 1.82) is 0 Å². The fourth-order valence-electron chi connectivity index (χ4n) is 3.01. The van der Waals surface area contributed by atoms with E-state index in [9.17, 15) is 24.1 Å². The van der Waals surface area contributed by atoms with Crippen LogP contribution in [0.3, 0.4) is 0 Å². The molecule has 0 spiro atoms. The molecule has 2 amide bonds. The number of rotatable bonds is 5. The number of carbonyl (C=O) groups excluding carboxylic acids is 2.